The molecule has 4 N–H and O–H groups in total. The minimum atomic E-state index is -0.701. The third-order valence-corrected chi connectivity index (χ3v) is 9.19. The molecule has 0 spiro atoms. The Hall–Kier alpha value is -4.68. The molecule has 6 rings (SSSR count). The van der Waals surface area contributed by atoms with E-state index in [1.165, 1.54) is 34.9 Å². The first-order valence-corrected chi connectivity index (χ1v) is 17.1. The second-order valence-electron chi connectivity index (χ2n) is 12.3. The number of fused-ring (bicyclic) bond motifs is 1. The molecule has 4 aromatic rings. The van der Waals surface area contributed by atoms with Gasteiger partial charge in [0.1, 0.15) is 23.0 Å². The molecule has 0 bridgehead atoms. The Morgan fingerprint density at radius 1 is 0.898 bits per heavy atom. The molecule has 2 fully saturated rings. The summed E-state index contributed by atoms with van der Waals surface area (Å²) in [6.45, 7) is 8.37. The summed E-state index contributed by atoms with van der Waals surface area (Å²) >= 11 is 0. The van der Waals surface area contributed by atoms with Gasteiger partial charge in [0.05, 0.1) is 29.6 Å². The number of likely N-dealkylation sites (tertiary alicyclic amines) is 1. The molecule has 1 aliphatic heterocycles. The number of hydrogen-bond acceptors (Lipinski definition) is 6. The van der Waals surface area contributed by atoms with E-state index in [-0.39, 0.29) is 28.4 Å². The van der Waals surface area contributed by atoms with Gasteiger partial charge in [-0.3, -0.25) is 23.7 Å². The van der Waals surface area contributed by atoms with Crippen LogP contribution < -0.4 is 16.0 Å². The Balaban J connectivity index is 0.00000230. The fourth-order valence-corrected chi connectivity index (χ4v) is 6.42. The summed E-state index contributed by atoms with van der Waals surface area (Å²) < 4.78 is 31.3. The standard InChI is InChI=1S/C35H38F2N6O4.C2H6/c1-21-5-4-14-42(21)16-13-38-33(45)24-9-11-26(36)29(18-24)41-35(47)30-20-39-32-19-23(12-15-43(30)32)22-8-10-25(27(37)17-22)34(46)40-28-6-2-3-7-31(28)44;1-2/h8-12,15,17-21,28,31,44H,2-7,13-14,16H2,1H3,(H,38,45)(H,40,46)(H,41,47);1-2H3/t21?,28-,31-;/m1./s1. The molecule has 12 heteroatoms. The highest BCUT2D eigenvalue weighted by atomic mass is 19.1. The van der Waals surface area contributed by atoms with Gasteiger partial charge in [0, 0.05) is 30.9 Å². The second-order valence-corrected chi connectivity index (χ2v) is 12.3. The van der Waals surface area contributed by atoms with E-state index in [4.69, 9.17) is 0 Å². The van der Waals surface area contributed by atoms with Crippen LogP contribution in [-0.4, -0.2) is 74.9 Å². The first kappa shape index (κ1) is 35.6. The van der Waals surface area contributed by atoms with Gasteiger partial charge >= 0.3 is 0 Å². The maximum atomic E-state index is 15.1. The third-order valence-electron chi connectivity index (χ3n) is 9.19. The maximum absolute atomic E-state index is 15.1. The Labute approximate surface area is 284 Å². The highest BCUT2D eigenvalue weighted by Gasteiger charge is 2.26. The first-order valence-electron chi connectivity index (χ1n) is 17.1. The molecule has 1 unspecified atom stereocenters. The number of halogens is 2. The van der Waals surface area contributed by atoms with Gasteiger partial charge in [-0.2, -0.15) is 0 Å². The Bertz CT molecular complexity index is 1810. The monoisotopic (exact) mass is 674 g/mol. The van der Waals surface area contributed by atoms with Crippen molar-refractivity contribution in [3.05, 3.63) is 89.4 Å². The number of nitrogens with zero attached hydrogens (tertiary/aromatic N) is 3. The van der Waals surface area contributed by atoms with Crippen molar-refractivity contribution >= 4 is 29.1 Å². The zero-order valence-corrected chi connectivity index (χ0v) is 28.1. The van der Waals surface area contributed by atoms with Crippen LogP contribution in [0.1, 0.15) is 90.5 Å². The number of amides is 3. The van der Waals surface area contributed by atoms with Crippen LogP contribution in [-0.2, 0) is 0 Å². The van der Waals surface area contributed by atoms with E-state index in [1.54, 1.807) is 24.4 Å². The topological polar surface area (TPSA) is 128 Å². The smallest absolute Gasteiger partial charge is 0.274 e. The molecule has 2 aliphatic rings. The number of hydrogen-bond donors (Lipinski definition) is 4. The lowest BCUT2D eigenvalue weighted by molar-refractivity contribution is 0.0714. The highest BCUT2D eigenvalue weighted by molar-refractivity contribution is 6.04. The predicted octanol–water partition coefficient (Wildman–Crippen LogP) is 5.81. The number of carbonyl (C=O) groups is 3. The third kappa shape index (κ3) is 8.31. The minimum absolute atomic E-state index is 0.113. The van der Waals surface area contributed by atoms with Crippen molar-refractivity contribution in [1.82, 2.24) is 24.9 Å². The van der Waals surface area contributed by atoms with Gasteiger partial charge in [-0.1, -0.05) is 32.8 Å². The van der Waals surface area contributed by atoms with Crippen LogP contribution >= 0.6 is 0 Å². The van der Waals surface area contributed by atoms with E-state index < -0.39 is 35.6 Å². The largest absolute Gasteiger partial charge is 0.391 e. The second kappa shape index (κ2) is 16.1. The zero-order valence-electron chi connectivity index (χ0n) is 28.1. The number of carbonyl (C=O) groups excluding carboxylic acids is 3. The van der Waals surface area contributed by atoms with Gasteiger partial charge in [-0.25, -0.2) is 13.8 Å². The summed E-state index contributed by atoms with van der Waals surface area (Å²) in [5, 5.41) is 18.3. The van der Waals surface area contributed by atoms with Crippen LogP contribution in [0.25, 0.3) is 16.8 Å². The van der Waals surface area contributed by atoms with E-state index in [0.29, 0.717) is 42.2 Å². The van der Waals surface area contributed by atoms with Crippen molar-refractivity contribution < 1.29 is 28.3 Å². The number of imidazole rings is 1. The van der Waals surface area contributed by atoms with Gasteiger partial charge in [-0.15, -0.1) is 0 Å². The molecule has 1 saturated heterocycles. The van der Waals surface area contributed by atoms with Crippen molar-refractivity contribution in [2.45, 2.75) is 77.5 Å². The fourth-order valence-electron chi connectivity index (χ4n) is 6.42. The molecule has 1 aliphatic carbocycles. The molecule has 3 amide bonds. The van der Waals surface area contributed by atoms with E-state index in [9.17, 15) is 23.9 Å². The number of aromatic nitrogens is 2. The maximum Gasteiger partial charge on any atom is 0.274 e. The van der Waals surface area contributed by atoms with Crippen molar-refractivity contribution in [2.24, 2.45) is 0 Å². The molecule has 49 heavy (non-hydrogen) atoms. The Morgan fingerprint density at radius 3 is 2.41 bits per heavy atom. The quantitative estimate of drug-likeness (QED) is 0.178. The Kier molecular flexibility index (Phi) is 11.7. The molecular formula is C37H44F2N6O4. The lowest BCUT2D eigenvalue weighted by atomic mass is 9.92. The summed E-state index contributed by atoms with van der Waals surface area (Å²) in [4.78, 5) is 45.3. The molecule has 2 aromatic carbocycles. The lowest BCUT2D eigenvalue weighted by Crippen LogP contribution is -2.45. The molecular weight excluding hydrogens is 630 g/mol. The first-order chi connectivity index (χ1) is 23.7. The van der Waals surface area contributed by atoms with E-state index in [1.807, 2.05) is 13.8 Å². The fraction of sp³-hybridized carbons (Fsp3) is 0.405. The number of pyridine rings is 1. The van der Waals surface area contributed by atoms with Crippen LogP contribution in [0.15, 0.2) is 60.9 Å². The summed E-state index contributed by atoms with van der Waals surface area (Å²) in [7, 11) is 0. The molecule has 10 nitrogen and oxygen atoms in total. The van der Waals surface area contributed by atoms with Crippen LogP contribution in [0.2, 0.25) is 0 Å². The average molecular weight is 675 g/mol. The molecule has 3 heterocycles. The summed E-state index contributed by atoms with van der Waals surface area (Å²) in [5.74, 6) is -2.95. The number of aliphatic hydroxyl groups is 1. The van der Waals surface area contributed by atoms with Crippen molar-refractivity contribution in [1.29, 1.82) is 0 Å². The Morgan fingerprint density at radius 2 is 1.67 bits per heavy atom. The number of benzene rings is 2. The SMILES string of the molecule is CC.CC1CCCN1CCNC(=O)c1ccc(F)c(NC(=O)c2cnc3cc(-c4ccc(C(=O)N[C@@H]5CCCC[C@H]5O)c(F)c4)ccn23)c1. The average Bonchev–Trinajstić information content (AvgIpc) is 3.72. The van der Waals surface area contributed by atoms with Crippen LogP contribution in [0, 0.1) is 11.6 Å². The molecule has 2 aromatic heterocycles. The highest BCUT2D eigenvalue weighted by Crippen LogP contribution is 2.26. The number of rotatable bonds is 9. The summed E-state index contributed by atoms with van der Waals surface area (Å²) in [5.41, 5.74) is 1.60. The van der Waals surface area contributed by atoms with E-state index in [2.05, 4.69) is 32.8 Å². The van der Waals surface area contributed by atoms with Crippen molar-refractivity contribution in [3.63, 3.8) is 0 Å². The van der Waals surface area contributed by atoms with Gasteiger partial charge in [0.15, 0.2) is 0 Å². The van der Waals surface area contributed by atoms with Crippen molar-refractivity contribution in [2.75, 3.05) is 25.0 Å². The summed E-state index contributed by atoms with van der Waals surface area (Å²) in [6.07, 6.45) is 7.63. The molecule has 3 atom stereocenters. The van der Waals surface area contributed by atoms with Crippen LogP contribution in [0.3, 0.4) is 0 Å². The number of anilines is 1. The van der Waals surface area contributed by atoms with Gasteiger partial charge < -0.3 is 21.1 Å². The van der Waals surface area contributed by atoms with Crippen molar-refractivity contribution in [3.8, 4) is 11.1 Å². The van der Waals surface area contributed by atoms with Gasteiger partial charge in [0.2, 0.25) is 0 Å². The lowest BCUT2D eigenvalue weighted by Gasteiger charge is -2.28. The summed E-state index contributed by atoms with van der Waals surface area (Å²) in [6, 6.07) is 11.5. The van der Waals surface area contributed by atoms with Crippen LogP contribution in [0.5, 0.6) is 0 Å². The number of nitrogens with one attached hydrogen (secondary N) is 3. The zero-order chi connectivity index (χ0) is 35.1. The molecule has 260 valence electrons. The molecule has 0 radical (unpaired) electrons. The van der Waals surface area contributed by atoms with E-state index >= 15 is 4.39 Å². The van der Waals surface area contributed by atoms with E-state index in [0.717, 1.165) is 44.8 Å². The molecule has 1 saturated carbocycles. The normalized spacial score (nSPS) is 19.2. The van der Waals surface area contributed by atoms with Crippen LogP contribution in [0.4, 0.5) is 14.5 Å². The minimum Gasteiger partial charge on any atom is -0.391 e. The van der Waals surface area contributed by atoms with Gasteiger partial charge in [-0.05, 0) is 92.7 Å². The number of aliphatic hydroxyl groups excluding tert-OH is 1. The van der Waals surface area contributed by atoms with Gasteiger partial charge in [0.25, 0.3) is 17.7 Å². The predicted molar refractivity (Wildman–Crippen MR) is 185 cm³/mol.